The van der Waals surface area contributed by atoms with Gasteiger partial charge in [0.1, 0.15) is 6.10 Å². The summed E-state index contributed by atoms with van der Waals surface area (Å²) >= 11 is 1.15. The number of nitrogens with one attached hydrogen (secondary N) is 1. The number of anilines is 1. The first-order valence-electron chi connectivity index (χ1n) is 7.88. The normalized spacial score (nSPS) is 20.5. The summed E-state index contributed by atoms with van der Waals surface area (Å²) in [6.07, 6.45) is 1.11. The van der Waals surface area contributed by atoms with Crippen LogP contribution in [0.2, 0.25) is 0 Å². The second kappa shape index (κ2) is 5.62. The summed E-state index contributed by atoms with van der Waals surface area (Å²) in [5.41, 5.74) is 1.54. The maximum atomic E-state index is 12.1. The van der Waals surface area contributed by atoms with Gasteiger partial charge in [-0.2, -0.15) is 0 Å². The number of carbonyl (C=O) groups excluding carboxylic acids is 2. The van der Waals surface area contributed by atoms with Crippen molar-refractivity contribution in [3.8, 4) is 0 Å². The molecule has 2 aromatic rings. The van der Waals surface area contributed by atoms with E-state index in [1.165, 1.54) is 4.90 Å². The monoisotopic (exact) mass is 347 g/mol. The number of cyclic esters (lactones) is 1. The summed E-state index contributed by atoms with van der Waals surface area (Å²) in [7, 11) is 1.73. The fourth-order valence-corrected chi connectivity index (χ4v) is 3.75. The molecule has 0 spiro atoms. The van der Waals surface area contributed by atoms with Gasteiger partial charge in [0.05, 0.1) is 23.3 Å². The van der Waals surface area contributed by atoms with Crippen LogP contribution in [0, 0.1) is 5.92 Å². The van der Waals surface area contributed by atoms with Crippen LogP contribution in [0.5, 0.6) is 0 Å². The highest BCUT2D eigenvalue weighted by Crippen LogP contribution is 2.29. The maximum absolute atomic E-state index is 12.1. The van der Waals surface area contributed by atoms with Gasteiger partial charge in [0.15, 0.2) is 0 Å². The lowest BCUT2D eigenvalue weighted by Gasteiger charge is -2.13. The van der Waals surface area contributed by atoms with Gasteiger partial charge in [-0.3, -0.25) is 14.5 Å². The Kier molecular flexibility index (Phi) is 3.56. The van der Waals surface area contributed by atoms with E-state index in [-0.39, 0.29) is 22.8 Å². The number of benzene rings is 1. The Morgan fingerprint density at radius 1 is 1.38 bits per heavy atom. The van der Waals surface area contributed by atoms with Crippen LogP contribution >= 0.6 is 11.3 Å². The van der Waals surface area contributed by atoms with Crippen LogP contribution in [0.4, 0.5) is 10.5 Å². The molecule has 1 N–H and O–H groups in total. The predicted octanol–water partition coefficient (Wildman–Crippen LogP) is 1.45. The van der Waals surface area contributed by atoms with Gasteiger partial charge in [0.2, 0.25) is 5.91 Å². The Bertz CT molecular complexity index is 883. The number of rotatable bonds is 4. The molecule has 0 bridgehead atoms. The van der Waals surface area contributed by atoms with Crippen LogP contribution in [0.3, 0.4) is 0 Å². The molecule has 1 atom stereocenters. The minimum Gasteiger partial charge on any atom is -0.442 e. The lowest BCUT2D eigenvalue weighted by molar-refractivity contribution is -0.122. The zero-order valence-electron chi connectivity index (χ0n) is 13.2. The minimum absolute atomic E-state index is 0.0354. The van der Waals surface area contributed by atoms with Crippen molar-refractivity contribution in [3.63, 3.8) is 0 Å². The summed E-state index contributed by atoms with van der Waals surface area (Å²) in [6, 6.07) is 5.47. The van der Waals surface area contributed by atoms with E-state index < -0.39 is 6.09 Å². The largest absolute Gasteiger partial charge is 0.442 e. The molecule has 1 aliphatic carbocycles. The van der Waals surface area contributed by atoms with E-state index in [9.17, 15) is 14.4 Å². The number of hydrogen-bond acceptors (Lipinski definition) is 5. The number of aromatic nitrogens is 1. The van der Waals surface area contributed by atoms with Gasteiger partial charge in [-0.15, -0.1) is 0 Å². The van der Waals surface area contributed by atoms with E-state index in [1.807, 2.05) is 12.1 Å². The number of amides is 2. The van der Waals surface area contributed by atoms with Crippen LogP contribution in [-0.4, -0.2) is 35.8 Å². The quantitative estimate of drug-likeness (QED) is 0.908. The fraction of sp³-hybridized carbons (Fsp3) is 0.438. The van der Waals surface area contributed by atoms with Crippen molar-refractivity contribution in [3.05, 3.63) is 27.9 Å². The van der Waals surface area contributed by atoms with E-state index in [4.69, 9.17) is 4.74 Å². The number of thiazole rings is 1. The molecule has 1 saturated carbocycles. The second-order valence-electron chi connectivity index (χ2n) is 6.21. The molecule has 1 saturated heterocycles. The number of aryl methyl sites for hydroxylation is 1. The molecule has 2 amide bonds. The smallest absolute Gasteiger partial charge is 0.414 e. The van der Waals surface area contributed by atoms with Crippen LogP contribution in [0.15, 0.2) is 23.0 Å². The van der Waals surface area contributed by atoms with Crippen molar-refractivity contribution in [1.82, 2.24) is 9.88 Å². The lowest BCUT2D eigenvalue weighted by atomic mass is 10.2. The third-order valence-corrected chi connectivity index (χ3v) is 5.41. The third-order valence-electron chi connectivity index (χ3n) is 4.41. The Balaban J connectivity index is 1.48. The lowest BCUT2D eigenvalue weighted by Crippen LogP contribution is -2.35. The summed E-state index contributed by atoms with van der Waals surface area (Å²) < 4.78 is 7.75. The molecular formula is C16H17N3O4S. The second-order valence-corrected chi connectivity index (χ2v) is 7.21. The average molecular weight is 347 g/mol. The SMILES string of the molecule is Cn1c(=O)sc2cc(N3C[C@H](CNC(=O)C4CC4)OC3=O)ccc21. The first-order chi connectivity index (χ1) is 11.5. The molecule has 8 heteroatoms. The van der Waals surface area contributed by atoms with Gasteiger partial charge >= 0.3 is 11.0 Å². The van der Waals surface area contributed by atoms with Crippen molar-refractivity contribution >= 4 is 39.2 Å². The van der Waals surface area contributed by atoms with Crippen LogP contribution in [0.25, 0.3) is 10.2 Å². The molecule has 2 aliphatic rings. The Hall–Kier alpha value is -2.35. The van der Waals surface area contributed by atoms with Crippen molar-refractivity contribution in [2.75, 3.05) is 18.0 Å². The highest BCUT2D eigenvalue weighted by atomic mass is 32.1. The van der Waals surface area contributed by atoms with E-state index in [1.54, 1.807) is 17.7 Å². The Morgan fingerprint density at radius 2 is 2.17 bits per heavy atom. The molecule has 4 rings (SSSR count). The van der Waals surface area contributed by atoms with Crippen molar-refractivity contribution in [2.45, 2.75) is 18.9 Å². The van der Waals surface area contributed by atoms with Crippen LogP contribution < -0.4 is 15.1 Å². The Labute approximate surface area is 141 Å². The molecule has 1 aromatic carbocycles. The summed E-state index contributed by atoms with van der Waals surface area (Å²) in [4.78, 5) is 37.0. The number of ether oxygens (including phenoxy) is 1. The average Bonchev–Trinajstić information content (AvgIpc) is 3.29. The van der Waals surface area contributed by atoms with Gasteiger partial charge in [-0.25, -0.2) is 4.79 Å². The first kappa shape index (κ1) is 15.2. The molecule has 7 nitrogen and oxygen atoms in total. The highest BCUT2D eigenvalue weighted by Gasteiger charge is 2.34. The van der Waals surface area contributed by atoms with Gasteiger partial charge < -0.3 is 14.6 Å². The van der Waals surface area contributed by atoms with E-state index in [2.05, 4.69) is 5.32 Å². The molecule has 1 aliphatic heterocycles. The highest BCUT2D eigenvalue weighted by molar-refractivity contribution is 7.16. The molecule has 0 radical (unpaired) electrons. The summed E-state index contributed by atoms with van der Waals surface area (Å²) in [5.74, 6) is 0.182. The van der Waals surface area contributed by atoms with Gasteiger partial charge in [0, 0.05) is 18.7 Å². The molecular weight excluding hydrogens is 330 g/mol. The maximum Gasteiger partial charge on any atom is 0.414 e. The van der Waals surface area contributed by atoms with Crippen molar-refractivity contribution in [2.24, 2.45) is 13.0 Å². The molecule has 0 unspecified atom stereocenters. The van der Waals surface area contributed by atoms with E-state index in [0.29, 0.717) is 18.8 Å². The van der Waals surface area contributed by atoms with Crippen molar-refractivity contribution < 1.29 is 14.3 Å². The minimum atomic E-state index is -0.428. The zero-order valence-corrected chi connectivity index (χ0v) is 14.0. The van der Waals surface area contributed by atoms with E-state index >= 15 is 0 Å². The van der Waals surface area contributed by atoms with Gasteiger partial charge in [-0.1, -0.05) is 11.3 Å². The molecule has 2 fully saturated rings. The van der Waals surface area contributed by atoms with Gasteiger partial charge in [0.25, 0.3) is 0 Å². The van der Waals surface area contributed by atoms with Crippen LogP contribution in [0.1, 0.15) is 12.8 Å². The van der Waals surface area contributed by atoms with Crippen LogP contribution in [-0.2, 0) is 16.6 Å². The molecule has 2 heterocycles. The number of carbonyl (C=O) groups is 2. The fourth-order valence-electron chi connectivity index (χ4n) is 2.83. The molecule has 1 aromatic heterocycles. The molecule has 126 valence electrons. The number of nitrogens with zero attached hydrogens (tertiary/aromatic N) is 2. The van der Waals surface area contributed by atoms with E-state index in [0.717, 1.165) is 34.4 Å². The molecule has 24 heavy (non-hydrogen) atoms. The predicted molar refractivity (Wildman–Crippen MR) is 90.4 cm³/mol. The van der Waals surface area contributed by atoms with Gasteiger partial charge in [-0.05, 0) is 31.0 Å². The Morgan fingerprint density at radius 3 is 2.92 bits per heavy atom. The number of hydrogen-bond donors (Lipinski definition) is 1. The zero-order chi connectivity index (χ0) is 16.8. The summed E-state index contributed by atoms with van der Waals surface area (Å²) in [5, 5.41) is 2.83. The standard InChI is InChI=1S/C16H17N3O4S/c1-18-12-5-4-10(6-13(12)24-16(18)22)19-8-11(23-15(19)21)7-17-14(20)9-2-3-9/h4-6,9,11H,2-3,7-8H2,1H3,(H,17,20)/t11-/m0/s1. The van der Waals surface area contributed by atoms with Crippen molar-refractivity contribution in [1.29, 1.82) is 0 Å². The summed E-state index contributed by atoms with van der Waals surface area (Å²) in [6.45, 7) is 0.718. The third kappa shape index (κ3) is 2.66. The number of fused-ring (bicyclic) bond motifs is 1. The first-order valence-corrected chi connectivity index (χ1v) is 8.70. The topological polar surface area (TPSA) is 80.6 Å².